The lowest BCUT2D eigenvalue weighted by molar-refractivity contribution is -0.138. The number of benzene rings is 1. The molecule has 1 saturated heterocycles. The lowest BCUT2D eigenvalue weighted by Crippen LogP contribution is -2.36. The van der Waals surface area contributed by atoms with Crippen molar-refractivity contribution >= 4 is 28.9 Å². The Bertz CT molecular complexity index is 448. The van der Waals surface area contributed by atoms with Crippen molar-refractivity contribution in [2.75, 3.05) is 50.2 Å². The van der Waals surface area contributed by atoms with Crippen LogP contribution >= 0.6 is 11.6 Å². The van der Waals surface area contributed by atoms with E-state index in [9.17, 15) is 4.79 Å². The second-order valence-corrected chi connectivity index (χ2v) is 4.63. The van der Waals surface area contributed by atoms with Crippen molar-refractivity contribution in [3.63, 3.8) is 0 Å². The van der Waals surface area contributed by atoms with Gasteiger partial charge in [0.05, 0.1) is 31.7 Å². The third-order valence-electron chi connectivity index (χ3n) is 2.96. The van der Waals surface area contributed by atoms with Gasteiger partial charge >= 0.3 is 5.97 Å². The number of hydrogen-bond donors (Lipinski definition) is 1. The maximum atomic E-state index is 11.2. The number of anilines is 2. The molecule has 1 aliphatic rings. The zero-order chi connectivity index (χ0) is 13.7. The number of ether oxygens (including phenoxy) is 2. The van der Waals surface area contributed by atoms with Gasteiger partial charge in [0.15, 0.2) is 0 Å². The number of morpholine rings is 1. The highest BCUT2D eigenvalue weighted by Gasteiger charge is 2.15. The molecule has 5 nitrogen and oxygen atoms in total. The highest BCUT2D eigenvalue weighted by Crippen LogP contribution is 2.29. The summed E-state index contributed by atoms with van der Waals surface area (Å²) in [4.78, 5) is 13.4. The number of carbonyl (C=O) groups is 1. The van der Waals surface area contributed by atoms with E-state index in [4.69, 9.17) is 16.3 Å². The number of methoxy groups -OCH3 is 1. The maximum absolute atomic E-state index is 11.2. The molecule has 6 heteroatoms. The van der Waals surface area contributed by atoms with E-state index in [1.54, 1.807) is 0 Å². The van der Waals surface area contributed by atoms with Crippen molar-refractivity contribution < 1.29 is 14.3 Å². The van der Waals surface area contributed by atoms with Gasteiger partial charge in [0.1, 0.15) is 6.54 Å². The minimum absolute atomic E-state index is 0.119. The van der Waals surface area contributed by atoms with Gasteiger partial charge in [-0.3, -0.25) is 4.79 Å². The maximum Gasteiger partial charge on any atom is 0.325 e. The van der Waals surface area contributed by atoms with Crippen LogP contribution in [0, 0.1) is 0 Å². The monoisotopic (exact) mass is 284 g/mol. The molecule has 2 rings (SSSR count). The summed E-state index contributed by atoms with van der Waals surface area (Å²) in [6, 6.07) is 5.61. The van der Waals surface area contributed by atoms with Gasteiger partial charge in [-0.1, -0.05) is 11.6 Å². The molecular weight excluding hydrogens is 268 g/mol. The van der Waals surface area contributed by atoms with Crippen molar-refractivity contribution in [1.82, 2.24) is 0 Å². The molecule has 0 radical (unpaired) electrons. The standard InChI is InChI=1S/C13H17ClN2O3/c1-18-13(17)9-15-11-8-10(14)2-3-12(11)16-4-6-19-7-5-16/h2-3,8,15H,4-7,9H2,1H3. The largest absolute Gasteiger partial charge is 0.468 e. The normalized spacial score (nSPS) is 15.2. The summed E-state index contributed by atoms with van der Waals surface area (Å²) in [7, 11) is 1.37. The molecule has 1 aromatic carbocycles. The van der Waals surface area contributed by atoms with E-state index in [1.807, 2.05) is 18.2 Å². The third-order valence-corrected chi connectivity index (χ3v) is 3.20. The van der Waals surface area contributed by atoms with Crippen molar-refractivity contribution in [3.8, 4) is 0 Å². The number of halogens is 1. The van der Waals surface area contributed by atoms with Gasteiger partial charge in [-0.05, 0) is 18.2 Å². The van der Waals surface area contributed by atoms with Crippen LogP contribution in [-0.4, -0.2) is 45.9 Å². The summed E-state index contributed by atoms with van der Waals surface area (Å²) >= 11 is 6.01. The molecule has 0 bridgehead atoms. The summed E-state index contributed by atoms with van der Waals surface area (Å²) in [5.41, 5.74) is 1.86. The molecular formula is C13H17ClN2O3. The topological polar surface area (TPSA) is 50.8 Å². The van der Waals surface area contributed by atoms with Crippen LogP contribution in [0.15, 0.2) is 18.2 Å². The van der Waals surface area contributed by atoms with Gasteiger partial charge in [0.25, 0.3) is 0 Å². The van der Waals surface area contributed by atoms with E-state index in [-0.39, 0.29) is 12.5 Å². The Kier molecular flexibility index (Phi) is 4.87. The second kappa shape index (κ2) is 6.63. The first-order valence-corrected chi connectivity index (χ1v) is 6.51. The van der Waals surface area contributed by atoms with Crippen LogP contribution in [0.25, 0.3) is 0 Å². The van der Waals surface area contributed by atoms with Gasteiger partial charge in [0, 0.05) is 18.1 Å². The molecule has 0 unspecified atom stereocenters. The van der Waals surface area contributed by atoms with Crippen molar-refractivity contribution in [2.24, 2.45) is 0 Å². The Morgan fingerprint density at radius 1 is 1.47 bits per heavy atom. The van der Waals surface area contributed by atoms with Gasteiger partial charge in [-0.15, -0.1) is 0 Å². The highest BCUT2D eigenvalue weighted by atomic mass is 35.5. The Hall–Kier alpha value is -1.46. The molecule has 104 valence electrons. The molecule has 1 fully saturated rings. The van der Waals surface area contributed by atoms with Crippen LogP contribution in [0.4, 0.5) is 11.4 Å². The van der Waals surface area contributed by atoms with Gasteiger partial charge < -0.3 is 19.7 Å². The van der Waals surface area contributed by atoms with Crippen LogP contribution < -0.4 is 10.2 Å². The average molecular weight is 285 g/mol. The molecule has 0 spiro atoms. The van der Waals surface area contributed by atoms with Crippen molar-refractivity contribution in [3.05, 3.63) is 23.2 Å². The van der Waals surface area contributed by atoms with Crippen LogP contribution in [0.2, 0.25) is 5.02 Å². The van der Waals surface area contributed by atoms with E-state index in [1.165, 1.54) is 7.11 Å². The molecule has 0 aliphatic carbocycles. The van der Waals surface area contributed by atoms with E-state index in [0.717, 1.165) is 24.5 Å². The van der Waals surface area contributed by atoms with E-state index < -0.39 is 0 Å². The summed E-state index contributed by atoms with van der Waals surface area (Å²) in [5, 5.41) is 3.69. The molecule has 1 N–H and O–H groups in total. The number of esters is 1. The average Bonchev–Trinajstić information content (AvgIpc) is 2.45. The summed E-state index contributed by atoms with van der Waals surface area (Å²) in [6.07, 6.45) is 0. The summed E-state index contributed by atoms with van der Waals surface area (Å²) in [5.74, 6) is -0.312. The zero-order valence-electron chi connectivity index (χ0n) is 10.8. The predicted octanol–water partition coefficient (Wildman–Crippen LogP) is 1.76. The first-order valence-electron chi connectivity index (χ1n) is 6.13. The Labute approximate surface area is 117 Å². The van der Waals surface area contributed by atoms with E-state index in [0.29, 0.717) is 18.2 Å². The molecule has 1 aromatic rings. The molecule has 1 aliphatic heterocycles. The minimum atomic E-state index is -0.312. The number of carbonyl (C=O) groups excluding carboxylic acids is 1. The van der Waals surface area contributed by atoms with Crippen LogP contribution in [0.5, 0.6) is 0 Å². The fourth-order valence-corrected chi connectivity index (χ4v) is 2.14. The van der Waals surface area contributed by atoms with Crippen molar-refractivity contribution in [1.29, 1.82) is 0 Å². The first-order chi connectivity index (χ1) is 9.20. The fourth-order valence-electron chi connectivity index (χ4n) is 1.97. The third kappa shape index (κ3) is 3.75. The lowest BCUT2D eigenvalue weighted by Gasteiger charge is -2.30. The van der Waals surface area contributed by atoms with Crippen LogP contribution in [0.1, 0.15) is 0 Å². The van der Waals surface area contributed by atoms with Crippen LogP contribution in [0.3, 0.4) is 0 Å². The van der Waals surface area contributed by atoms with Crippen LogP contribution in [-0.2, 0) is 14.3 Å². The molecule has 0 aromatic heterocycles. The smallest absolute Gasteiger partial charge is 0.325 e. The fraction of sp³-hybridized carbons (Fsp3) is 0.462. The highest BCUT2D eigenvalue weighted by molar-refractivity contribution is 6.31. The second-order valence-electron chi connectivity index (χ2n) is 4.19. The van der Waals surface area contributed by atoms with Gasteiger partial charge in [-0.2, -0.15) is 0 Å². The minimum Gasteiger partial charge on any atom is -0.468 e. The number of nitrogens with one attached hydrogen (secondary N) is 1. The molecule has 0 amide bonds. The Morgan fingerprint density at radius 3 is 2.89 bits per heavy atom. The van der Waals surface area contributed by atoms with Crippen molar-refractivity contribution in [2.45, 2.75) is 0 Å². The molecule has 0 atom stereocenters. The molecule has 19 heavy (non-hydrogen) atoms. The number of hydrogen-bond acceptors (Lipinski definition) is 5. The Balaban J connectivity index is 2.14. The predicted molar refractivity (Wildman–Crippen MR) is 75.0 cm³/mol. The first kappa shape index (κ1) is 14.0. The molecule has 1 heterocycles. The number of nitrogens with zero attached hydrogens (tertiary/aromatic N) is 1. The van der Waals surface area contributed by atoms with Gasteiger partial charge in [-0.25, -0.2) is 0 Å². The zero-order valence-corrected chi connectivity index (χ0v) is 11.6. The van der Waals surface area contributed by atoms with Gasteiger partial charge in [0.2, 0.25) is 0 Å². The number of rotatable bonds is 4. The quantitative estimate of drug-likeness (QED) is 0.854. The van der Waals surface area contributed by atoms with E-state index in [2.05, 4.69) is 15.0 Å². The van der Waals surface area contributed by atoms with E-state index >= 15 is 0 Å². The Morgan fingerprint density at radius 2 is 2.21 bits per heavy atom. The SMILES string of the molecule is COC(=O)CNc1cc(Cl)ccc1N1CCOCC1. The molecule has 0 saturated carbocycles. The summed E-state index contributed by atoms with van der Waals surface area (Å²) < 4.78 is 9.96. The lowest BCUT2D eigenvalue weighted by atomic mass is 10.2. The summed E-state index contributed by atoms with van der Waals surface area (Å²) in [6.45, 7) is 3.19.